The smallest absolute Gasteiger partial charge is 0.220 e. The van der Waals surface area contributed by atoms with E-state index in [1.54, 1.807) is 0 Å². The summed E-state index contributed by atoms with van der Waals surface area (Å²) in [6.07, 6.45) is 0.759. The Hall–Kier alpha value is -1.45. The van der Waals surface area contributed by atoms with Crippen LogP contribution in [-0.2, 0) is 11.2 Å². The highest BCUT2D eigenvalue weighted by atomic mass is 19.1. The molecular formula is C12H13F2NO. The monoisotopic (exact) mass is 225 g/mol. The molecule has 0 bridgehead atoms. The molecule has 86 valence electrons. The zero-order chi connectivity index (χ0) is 11.7. The van der Waals surface area contributed by atoms with Gasteiger partial charge in [0.25, 0.3) is 0 Å². The molecule has 1 aromatic rings. The molecule has 0 spiro atoms. The highest BCUT2D eigenvalue weighted by molar-refractivity contribution is 5.79. The third-order valence-electron chi connectivity index (χ3n) is 2.93. The molecule has 16 heavy (non-hydrogen) atoms. The van der Waals surface area contributed by atoms with Crippen molar-refractivity contribution >= 4 is 5.91 Å². The molecule has 0 radical (unpaired) electrons. The Morgan fingerprint density at radius 1 is 1.38 bits per heavy atom. The first-order valence-corrected chi connectivity index (χ1v) is 5.36. The number of aryl methyl sites for hydroxylation is 1. The Labute approximate surface area is 92.7 Å². The molecule has 1 aliphatic heterocycles. The summed E-state index contributed by atoms with van der Waals surface area (Å²) in [4.78, 5) is 11.0. The number of amides is 1. The van der Waals surface area contributed by atoms with E-state index < -0.39 is 11.6 Å². The molecular weight excluding hydrogens is 212 g/mol. The fourth-order valence-electron chi connectivity index (χ4n) is 2.04. The first-order valence-electron chi connectivity index (χ1n) is 5.36. The van der Waals surface area contributed by atoms with Crippen LogP contribution in [0.5, 0.6) is 0 Å². The normalized spacial score (nSPS) is 19.9. The van der Waals surface area contributed by atoms with Gasteiger partial charge in [0.15, 0.2) is 0 Å². The number of carbonyl (C=O) groups is 1. The Kier molecular flexibility index (Phi) is 2.90. The maximum absolute atomic E-state index is 13.7. The van der Waals surface area contributed by atoms with Crippen molar-refractivity contribution in [2.45, 2.75) is 25.7 Å². The summed E-state index contributed by atoms with van der Waals surface area (Å²) in [5.74, 6) is -1.61. The van der Waals surface area contributed by atoms with Gasteiger partial charge in [-0.05, 0) is 24.1 Å². The van der Waals surface area contributed by atoms with Crippen molar-refractivity contribution in [3.05, 3.63) is 34.9 Å². The van der Waals surface area contributed by atoms with Crippen LogP contribution in [0.15, 0.2) is 12.1 Å². The van der Waals surface area contributed by atoms with Gasteiger partial charge in [-0.1, -0.05) is 6.92 Å². The fraction of sp³-hybridized carbons (Fsp3) is 0.417. The van der Waals surface area contributed by atoms with Crippen LogP contribution in [0.2, 0.25) is 0 Å². The SMILES string of the molecule is CCc1cc(F)c(C2CNC(=O)C2)c(F)c1. The van der Waals surface area contributed by atoms with Crippen molar-refractivity contribution in [3.63, 3.8) is 0 Å². The number of hydrogen-bond acceptors (Lipinski definition) is 1. The van der Waals surface area contributed by atoms with E-state index >= 15 is 0 Å². The average Bonchev–Trinajstić information content (AvgIpc) is 2.63. The van der Waals surface area contributed by atoms with Gasteiger partial charge in [0, 0.05) is 24.4 Å². The first kappa shape index (κ1) is 11.0. The molecule has 0 aromatic heterocycles. The highest BCUT2D eigenvalue weighted by Gasteiger charge is 2.28. The number of hydrogen-bond donors (Lipinski definition) is 1. The quantitative estimate of drug-likeness (QED) is 0.820. The topological polar surface area (TPSA) is 29.1 Å². The van der Waals surface area contributed by atoms with Gasteiger partial charge in [-0.15, -0.1) is 0 Å². The lowest BCUT2D eigenvalue weighted by molar-refractivity contribution is -0.119. The van der Waals surface area contributed by atoms with E-state index in [2.05, 4.69) is 5.32 Å². The lowest BCUT2D eigenvalue weighted by Gasteiger charge is -2.11. The first-order chi connectivity index (χ1) is 7.61. The molecule has 1 saturated heterocycles. The molecule has 2 nitrogen and oxygen atoms in total. The van der Waals surface area contributed by atoms with Gasteiger partial charge in [0.1, 0.15) is 11.6 Å². The molecule has 1 unspecified atom stereocenters. The lowest BCUT2D eigenvalue weighted by Crippen LogP contribution is -2.14. The van der Waals surface area contributed by atoms with Gasteiger partial charge < -0.3 is 5.32 Å². The fourth-order valence-corrected chi connectivity index (χ4v) is 2.04. The van der Waals surface area contributed by atoms with E-state index in [-0.39, 0.29) is 23.8 Å². The summed E-state index contributed by atoms with van der Waals surface area (Å²) >= 11 is 0. The lowest BCUT2D eigenvalue weighted by atomic mass is 9.95. The molecule has 1 fully saturated rings. The van der Waals surface area contributed by atoms with Crippen LogP contribution in [0.1, 0.15) is 30.4 Å². The molecule has 0 aliphatic carbocycles. The van der Waals surface area contributed by atoms with Crippen LogP contribution in [0.4, 0.5) is 8.78 Å². The van der Waals surface area contributed by atoms with Crippen LogP contribution in [0.3, 0.4) is 0 Å². The van der Waals surface area contributed by atoms with Crippen LogP contribution in [-0.4, -0.2) is 12.5 Å². The zero-order valence-corrected chi connectivity index (χ0v) is 9.02. The van der Waals surface area contributed by atoms with Crippen LogP contribution < -0.4 is 5.32 Å². The second-order valence-corrected chi connectivity index (χ2v) is 4.03. The summed E-state index contributed by atoms with van der Waals surface area (Å²) < 4.78 is 27.4. The molecule has 1 aromatic carbocycles. The van der Waals surface area contributed by atoms with Crippen molar-refractivity contribution in [1.29, 1.82) is 0 Å². The highest BCUT2D eigenvalue weighted by Crippen LogP contribution is 2.28. The van der Waals surface area contributed by atoms with Gasteiger partial charge >= 0.3 is 0 Å². The molecule has 2 rings (SSSR count). The average molecular weight is 225 g/mol. The zero-order valence-electron chi connectivity index (χ0n) is 9.02. The van der Waals surface area contributed by atoms with Gasteiger partial charge in [0.2, 0.25) is 5.91 Å². The molecule has 4 heteroatoms. The molecule has 1 atom stereocenters. The van der Waals surface area contributed by atoms with E-state index in [0.717, 1.165) is 0 Å². The number of rotatable bonds is 2. The Morgan fingerprint density at radius 2 is 2.00 bits per heavy atom. The van der Waals surface area contributed by atoms with Crippen LogP contribution >= 0.6 is 0 Å². The predicted octanol–water partition coefficient (Wildman–Crippen LogP) is 2.13. The maximum Gasteiger partial charge on any atom is 0.220 e. The van der Waals surface area contributed by atoms with Gasteiger partial charge in [-0.3, -0.25) is 4.79 Å². The summed E-state index contributed by atoms with van der Waals surface area (Å²) in [6, 6.07) is 2.70. The van der Waals surface area contributed by atoms with Crippen LogP contribution in [0.25, 0.3) is 0 Å². The number of carbonyl (C=O) groups excluding carboxylic acids is 1. The van der Waals surface area contributed by atoms with Crippen molar-refractivity contribution in [1.82, 2.24) is 5.32 Å². The molecule has 1 heterocycles. The van der Waals surface area contributed by atoms with Crippen molar-refractivity contribution < 1.29 is 13.6 Å². The summed E-state index contributed by atoms with van der Waals surface area (Å²) in [7, 11) is 0. The third-order valence-corrected chi connectivity index (χ3v) is 2.93. The van der Waals surface area contributed by atoms with Crippen molar-refractivity contribution in [2.75, 3.05) is 6.54 Å². The van der Waals surface area contributed by atoms with E-state index in [1.165, 1.54) is 12.1 Å². The maximum atomic E-state index is 13.7. The van der Waals surface area contributed by atoms with Gasteiger partial charge in [0.05, 0.1) is 0 Å². The molecule has 1 amide bonds. The summed E-state index contributed by atoms with van der Waals surface area (Å²) in [5, 5.41) is 2.58. The number of halogens is 2. The molecule has 0 saturated carbocycles. The van der Waals surface area contributed by atoms with Crippen molar-refractivity contribution in [2.24, 2.45) is 0 Å². The predicted molar refractivity (Wildman–Crippen MR) is 56.1 cm³/mol. The van der Waals surface area contributed by atoms with Crippen LogP contribution in [0, 0.1) is 11.6 Å². The molecule has 1 N–H and O–H groups in total. The number of benzene rings is 1. The van der Waals surface area contributed by atoms with E-state index in [1.807, 2.05) is 6.92 Å². The molecule has 1 aliphatic rings. The Morgan fingerprint density at radius 3 is 2.44 bits per heavy atom. The second kappa shape index (κ2) is 4.20. The number of nitrogens with one attached hydrogen (secondary N) is 1. The van der Waals surface area contributed by atoms with E-state index in [4.69, 9.17) is 0 Å². The van der Waals surface area contributed by atoms with Gasteiger partial charge in [-0.25, -0.2) is 8.78 Å². The minimum atomic E-state index is -0.543. The summed E-state index contributed by atoms with van der Waals surface area (Å²) in [5.41, 5.74) is 0.673. The van der Waals surface area contributed by atoms with Gasteiger partial charge in [-0.2, -0.15) is 0 Å². The minimum Gasteiger partial charge on any atom is -0.355 e. The third kappa shape index (κ3) is 1.92. The second-order valence-electron chi connectivity index (χ2n) is 4.03. The Bertz CT molecular complexity index is 408. The largest absolute Gasteiger partial charge is 0.355 e. The van der Waals surface area contributed by atoms with E-state index in [0.29, 0.717) is 18.5 Å². The standard InChI is InChI=1S/C12H13F2NO/c1-2-7-3-9(13)12(10(14)4-7)8-5-11(16)15-6-8/h3-4,8H,2,5-6H2,1H3,(H,15,16). The van der Waals surface area contributed by atoms with E-state index in [9.17, 15) is 13.6 Å². The minimum absolute atomic E-state index is 0.0375. The Balaban J connectivity index is 2.37. The van der Waals surface area contributed by atoms with Crippen molar-refractivity contribution in [3.8, 4) is 0 Å². The summed E-state index contributed by atoms with van der Waals surface area (Å²) in [6.45, 7) is 2.16.